The van der Waals surface area contributed by atoms with Crippen molar-refractivity contribution in [2.24, 2.45) is 0 Å². The highest BCUT2D eigenvalue weighted by Crippen LogP contribution is 2.23. The zero-order valence-electron chi connectivity index (χ0n) is 8.39. The fourth-order valence-electron chi connectivity index (χ4n) is 1.11. The first kappa shape index (κ1) is 10.9. The molecule has 0 atom stereocenters. The maximum absolute atomic E-state index is 12.7. The zero-order chi connectivity index (χ0) is 11.4. The van der Waals surface area contributed by atoms with Gasteiger partial charge in [0.1, 0.15) is 5.82 Å². The van der Waals surface area contributed by atoms with Crippen LogP contribution in [-0.4, -0.2) is 16.0 Å². The van der Waals surface area contributed by atoms with E-state index in [0.717, 1.165) is 0 Å². The van der Waals surface area contributed by atoms with Crippen LogP contribution >= 0.6 is 11.8 Å². The van der Waals surface area contributed by atoms with Gasteiger partial charge in [0, 0.05) is 11.3 Å². The van der Waals surface area contributed by atoms with Gasteiger partial charge in [-0.1, -0.05) is 17.8 Å². The van der Waals surface area contributed by atoms with Crippen LogP contribution < -0.4 is 0 Å². The summed E-state index contributed by atoms with van der Waals surface area (Å²) in [5.74, 6) is 0.821. The predicted octanol–water partition coefficient (Wildman–Crippen LogP) is 3.15. The van der Waals surface area contributed by atoms with E-state index in [1.54, 1.807) is 18.2 Å². The van der Waals surface area contributed by atoms with Crippen LogP contribution in [0.2, 0.25) is 0 Å². The van der Waals surface area contributed by atoms with E-state index in [4.69, 9.17) is 4.42 Å². The SMILES string of the molecule is C=CCSc1nnc(-c2ccc(F)cc2)o1. The molecule has 1 aromatic carbocycles. The molecule has 82 valence electrons. The number of halogens is 1. The molecular formula is C11H9FN2OS. The summed E-state index contributed by atoms with van der Waals surface area (Å²) < 4.78 is 18.1. The normalized spacial score (nSPS) is 10.3. The molecule has 0 spiro atoms. The highest BCUT2D eigenvalue weighted by Gasteiger charge is 2.08. The van der Waals surface area contributed by atoms with Crippen molar-refractivity contribution in [2.75, 3.05) is 5.75 Å². The van der Waals surface area contributed by atoms with E-state index in [0.29, 0.717) is 22.4 Å². The Kier molecular flexibility index (Phi) is 3.36. The number of aromatic nitrogens is 2. The predicted molar refractivity (Wildman–Crippen MR) is 60.6 cm³/mol. The summed E-state index contributed by atoms with van der Waals surface area (Å²) in [7, 11) is 0. The number of thioether (sulfide) groups is 1. The Balaban J connectivity index is 2.17. The topological polar surface area (TPSA) is 38.9 Å². The van der Waals surface area contributed by atoms with Gasteiger partial charge in [-0.3, -0.25) is 0 Å². The van der Waals surface area contributed by atoms with E-state index in [-0.39, 0.29) is 5.82 Å². The quantitative estimate of drug-likeness (QED) is 0.603. The Morgan fingerprint density at radius 1 is 1.31 bits per heavy atom. The lowest BCUT2D eigenvalue weighted by atomic mass is 10.2. The molecule has 16 heavy (non-hydrogen) atoms. The molecule has 0 aliphatic heterocycles. The molecule has 0 unspecified atom stereocenters. The number of benzene rings is 1. The van der Waals surface area contributed by atoms with Gasteiger partial charge in [-0.2, -0.15) is 0 Å². The van der Waals surface area contributed by atoms with Gasteiger partial charge in [0.15, 0.2) is 0 Å². The van der Waals surface area contributed by atoms with Crippen LogP contribution in [0.4, 0.5) is 4.39 Å². The molecule has 3 nitrogen and oxygen atoms in total. The summed E-state index contributed by atoms with van der Waals surface area (Å²) in [6.45, 7) is 3.60. The second-order valence-corrected chi connectivity index (χ2v) is 3.95. The summed E-state index contributed by atoms with van der Waals surface area (Å²) in [4.78, 5) is 0. The molecule has 0 aliphatic rings. The Hall–Kier alpha value is -1.62. The van der Waals surface area contributed by atoms with E-state index in [2.05, 4.69) is 16.8 Å². The van der Waals surface area contributed by atoms with Gasteiger partial charge in [0.2, 0.25) is 5.89 Å². The third-order valence-electron chi connectivity index (χ3n) is 1.82. The third-order valence-corrected chi connectivity index (χ3v) is 2.64. The van der Waals surface area contributed by atoms with Crippen LogP contribution in [0.1, 0.15) is 0 Å². The van der Waals surface area contributed by atoms with E-state index in [1.807, 2.05) is 0 Å². The summed E-state index contributed by atoms with van der Waals surface area (Å²) in [5, 5.41) is 8.22. The molecule has 2 rings (SSSR count). The first-order valence-electron chi connectivity index (χ1n) is 4.63. The van der Waals surface area contributed by atoms with Crippen molar-refractivity contribution in [3.63, 3.8) is 0 Å². The van der Waals surface area contributed by atoms with Gasteiger partial charge in [0.05, 0.1) is 0 Å². The van der Waals surface area contributed by atoms with Crippen molar-refractivity contribution in [3.05, 3.63) is 42.7 Å². The molecule has 0 bridgehead atoms. The number of hydrogen-bond donors (Lipinski definition) is 0. The molecular weight excluding hydrogens is 227 g/mol. The number of rotatable bonds is 4. The fourth-order valence-corrected chi connectivity index (χ4v) is 1.60. The van der Waals surface area contributed by atoms with E-state index < -0.39 is 0 Å². The van der Waals surface area contributed by atoms with Crippen molar-refractivity contribution >= 4 is 11.8 Å². The summed E-state index contributed by atoms with van der Waals surface area (Å²) >= 11 is 1.41. The highest BCUT2D eigenvalue weighted by molar-refractivity contribution is 7.99. The largest absolute Gasteiger partial charge is 0.411 e. The number of nitrogens with zero attached hydrogens (tertiary/aromatic N) is 2. The van der Waals surface area contributed by atoms with Gasteiger partial charge in [0.25, 0.3) is 5.22 Å². The maximum atomic E-state index is 12.7. The minimum atomic E-state index is -0.287. The molecule has 0 amide bonds. The number of hydrogen-bond acceptors (Lipinski definition) is 4. The lowest BCUT2D eigenvalue weighted by molar-refractivity contribution is 0.466. The van der Waals surface area contributed by atoms with Gasteiger partial charge >= 0.3 is 0 Å². The van der Waals surface area contributed by atoms with Gasteiger partial charge < -0.3 is 4.42 Å². The van der Waals surface area contributed by atoms with Crippen LogP contribution in [-0.2, 0) is 0 Å². The van der Waals surface area contributed by atoms with E-state index >= 15 is 0 Å². The van der Waals surface area contributed by atoms with Crippen LogP contribution in [0.3, 0.4) is 0 Å². The molecule has 0 aliphatic carbocycles. The molecule has 0 saturated carbocycles. The highest BCUT2D eigenvalue weighted by atomic mass is 32.2. The lowest BCUT2D eigenvalue weighted by Gasteiger charge is -1.93. The smallest absolute Gasteiger partial charge is 0.277 e. The van der Waals surface area contributed by atoms with Gasteiger partial charge in [-0.05, 0) is 24.3 Å². The Morgan fingerprint density at radius 2 is 2.06 bits per heavy atom. The summed E-state index contributed by atoms with van der Waals surface area (Å²) in [6.07, 6.45) is 1.76. The van der Waals surface area contributed by atoms with Crippen molar-refractivity contribution in [1.29, 1.82) is 0 Å². The van der Waals surface area contributed by atoms with Crippen molar-refractivity contribution in [2.45, 2.75) is 5.22 Å². The van der Waals surface area contributed by atoms with Crippen molar-refractivity contribution in [1.82, 2.24) is 10.2 Å². The molecule has 1 aromatic heterocycles. The second-order valence-electron chi connectivity index (χ2n) is 2.98. The van der Waals surface area contributed by atoms with Crippen LogP contribution in [0.5, 0.6) is 0 Å². The van der Waals surface area contributed by atoms with Crippen molar-refractivity contribution in [3.8, 4) is 11.5 Å². The third kappa shape index (κ3) is 2.49. The maximum Gasteiger partial charge on any atom is 0.277 e. The molecule has 0 N–H and O–H groups in total. The second kappa shape index (κ2) is 4.94. The Bertz CT molecular complexity index is 481. The van der Waals surface area contributed by atoms with Crippen LogP contribution in [0, 0.1) is 5.82 Å². The lowest BCUT2D eigenvalue weighted by Crippen LogP contribution is -1.78. The summed E-state index contributed by atoms with van der Waals surface area (Å²) in [5.41, 5.74) is 0.708. The first-order valence-corrected chi connectivity index (χ1v) is 5.61. The average molecular weight is 236 g/mol. The molecule has 2 aromatic rings. The standard InChI is InChI=1S/C11H9FN2OS/c1-2-7-16-11-14-13-10(15-11)8-3-5-9(12)6-4-8/h2-6H,1,7H2. The summed E-state index contributed by atoms with van der Waals surface area (Å²) in [6, 6.07) is 5.92. The molecule has 0 radical (unpaired) electrons. The van der Waals surface area contributed by atoms with E-state index in [1.165, 1.54) is 23.9 Å². The van der Waals surface area contributed by atoms with Crippen LogP contribution in [0.15, 0.2) is 46.6 Å². The average Bonchev–Trinajstić information content (AvgIpc) is 2.76. The Morgan fingerprint density at radius 3 is 2.75 bits per heavy atom. The monoisotopic (exact) mass is 236 g/mol. The molecule has 5 heteroatoms. The molecule has 1 heterocycles. The first-order chi connectivity index (χ1) is 7.79. The van der Waals surface area contributed by atoms with Gasteiger partial charge in [-0.25, -0.2) is 4.39 Å². The fraction of sp³-hybridized carbons (Fsp3) is 0.0909. The van der Waals surface area contributed by atoms with E-state index in [9.17, 15) is 4.39 Å². The molecule has 0 fully saturated rings. The minimum absolute atomic E-state index is 0.287. The molecule has 0 saturated heterocycles. The van der Waals surface area contributed by atoms with Crippen molar-refractivity contribution < 1.29 is 8.81 Å². The zero-order valence-corrected chi connectivity index (χ0v) is 9.21. The van der Waals surface area contributed by atoms with Crippen LogP contribution in [0.25, 0.3) is 11.5 Å². The Labute approximate surface area is 96.4 Å². The van der Waals surface area contributed by atoms with Gasteiger partial charge in [-0.15, -0.1) is 16.8 Å². The minimum Gasteiger partial charge on any atom is -0.411 e.